The Bertz CT molecular complexity index is 1110. The van der Waals surface area contributed by atoms with Crippen molar-refractivity contribution in [2.24, 2.45) is 0 Å². The molecule has 0 spiro atoms. The molecule has 0 saturated carbocycles. The molecule has 0 atom stereocenters. The molecule has 3 aromatic rings. The molecule has 1 heterocycles. The number of methoxy groups -OCH3 is 4. The number of benzene rings is 2. The topological polar surface area (TPSA) is 84.2 Å². The summed E-state index contributed by atoms with van der Waals surface area (Å²) >= 11 is 0. The smallest absolute Gasteiger partial charge is 0.305 e. The second-order valence-corrected chi connectivity index (χ2v) is 6.94. The first kappa shape index (κ1) is 22.2. The number of fused-ring (bicyclic) bond motifs is 1. The number of ether oxygens (including phenoxy) is 4. The average molecular weight is 426 g/mol. The molecule has 0 N–H and O–H groups in total. The van der Waals surface area contributed by atoms with Crippen molar-refractivity contribution < 1.29 is 28.2 Å². The molecular weight excluding hydrogens is 400 g/mol. The van der Waals surface area contributed by atoms with Gasteiger partial charge in [0, 0.05) is 25.0 Å². The molecule has 0 amide bonds. The Balaban J connectivity index is 2.13. The van der Waals surface area contributed by atoms with Gasteiger partial charge < -0.3 is 23.4 Å². The third kappa shape index (κ3) is 4.82. The van der Waals surface area contributed by atoms with E-state index in [1.807, 2.05) is 12.1 Å². The summed E-state index contributed by atoms with van der Waals surface area (Å²) in [6.07, 6.45) is 2.09. The average Bonchev–Trinajstić information content (AvgIpc) is 2.80. The normalized spacial score (nSPS) is 10.7. The third-order valence-corrected chi connectivity index (χ3v) is 5.10. The summed E-state index contributed by atoms with van der Waals surface area (Å²) in [6.45, 7) is 0. The van der Waals surface area contributed by atoms with Crippen LogP contribution in [0.25, 0.3) is 22.1 Å². The molecule has 7 heteroatoms. The van der Waals surface area contributed by atoms with Crippen LogP contribution >= 0.6 is 0 Å². The molecule has 0 bridgehead atoms. The summed E-state index contributed by atoms with van der Waals surface area (Å²) in [4.78, 5) is 25.0. The highest BCUT2D eigenvalue weighted by molar-refractivity contribution is 5.89. The molecule has 0 aliphatic carbocycles. The van der Waals surface area contributed by atoms with E-state index < -0.39 is 0 Å². The molecular formula is C24H26O7. The lowest BCUT2D eigenvalue weighted by atomic mass is 9.98. The van der Waals surface area contributed by atoms with Crippen molar-refractivity contribution in [3.63, 3.8) is 0 Å². The number of carbonyl (C=O) groups is 1. The maximum atomic E-state index is 13.6. The lowest BCUT2D eigenvalue weighted by Gasteiger charge is -2.13. The minimum Gasteiger partial charge on any atom is -0.497 e. The van der Waals surface area contributed by atoms with Gasteiger partial charge in [-0.15, -0.1) is 0 Å². The third-order valence-electron chi connectivity index (χ3n) is 5.10. The van der Waals surface area contributed by atoms with Gasteiger partial charge in [-0.25, -0.2) is 0 Å². The molecule has 31 heavy (non-hydrogen) atoms. The van der Waals surface area contributed by atoms with Crippen molar-refractivity contribution in [1.29, 1.82) is 0 Å². The number of aryl methyl sites for hydroxylation is 1. The lowest BCUT2D eigenvalue weighted by molar-refractivity contribution is -0.140. The summed E-state index contributed by atoms with van der Waals surface area (Å²) in [6, 6.07) is 10.6. The Morgan fingerprint density at radius 3 is 2.23 bits per heavy atom. The monoisotopic (exact) mass is 426 g/mol. The van der Waals surface area contributed by atoms with Gasteiger partial charge in [0.05, 0.1) is 34.0 Å². The molecule has 0 aliphatic rings. The van der Waals surface area contributed by atoms with Crippen LogP contribution in [-0.2, 0) is 16.0 Å². The van der Waals surface area contributed by atoms with Crippen molar-refractivity contribution in [1.82, 2.24) is 0 Å². The van der Waals surface area contributed by atoms with Crippen molar-refractivity contribution in [2.75, 3.05) is 28.4 Å². The fourth-order valence-electron chi connectivity index (χ4n) is 3.47. The zero-order valence-electron chi connectivity index (χ0n) is 18.2. The number of esters is 1. The molecule has 0 aliphatic heterocycles. The second-order valence-electron chi connectivity index (χ2n) is 6.94. The molecule has 0 unspecified atom stereocenters. The fraction of sp³-hybridized carbons (Fsp3) is 0.333. The highest BCUT2D eigenvalue weighted by Crippen LogP contribution is 2.34. The number of unbranched alkanes of at least 4 members (excludes halogenated alkanes) is 1. The Kier molecular flexibility index (Phi) is 7.18. The van der Waals surface area contributed by atoms with Crippen molar-refractivity contribution >= 4 is 16.9 Å². The molecule has 0 radical (unpaired) electrons. The van der Waals surface area contributed by atoms with Gasteiger partial charge in [-0.3, -0.25) is 9.59 Å². The van der Waals surface area contributed by atoms with Crippen molar-refractivity contribution in [3.05, 3.63) is 52.4 Å². The quantitative estimate of drug-likeness (QED) is 0.371. The van der Waals surface area contributed by atoms with E-state index >= 15 is 0 Å². The Morgan fingerprint density at radius 1 is 0.903 bits per heavy atom. The van der Waals surface area contributed by atoms with Crippen LogP contribution in [0.15, 0.2) is 45.6 Å². The van der Waals surface area contributed by atoms with Crippen LogP contribution in [0.2, 0.25) is 0 Å². The maximum Gasteiger partial charge on any atom is 0.305 e. The van der Waals surface area contributed by atoms with Crippen LogP contribution in [0.3, 0.4) is 0 Å². The largest absolute Gasteiger partial charge is 0.497 e. The molecule has 7 nitrogen and oxygen atoms in total. The highest BCUT2D eigenvalue weighted by atomic mass is 16.5. The van der Waals surface area contributed by atoms with E-state index in [1.54, 1.807) is 31.4 Å². The lowest BCUT2D eigenvalue weighted by Crippen LogP contribution is -2.11. The minimum atomic E-state index is -0.259. The van der Waals surface area contributed by atoms with E-state index in [4.69, 9.17) is 23.4 Å². The van der Waals surface area contributed by atoms with Gasteiger partial charge in [0.15, 0.2) is 0 Å². The van der Waals surface area contributed by atoms with E-state index in [-0.39, 0.29) is 11.4 Å². The summed E-state index contributed by atoms with van der Waals surface area (Å²) in [5.74, 6) is 1.89. The zero-order valence-corrected chi connectivity index (χ0v) is 18.2. The Hall–Kier alpha value is -3.48. The molecule has 2 aromatic carbocycles. The predicted molar refractivity (Wildman–Crippen MR) is 117 cm³/mol. The van der Waals surface area contributed by atoms with Gasteiger partial charge in [0.2, 0.25) is 5.43 Å². The van der Waals surface area contributed by atoms with Gasteiger partial charge in [-0.2, -0.15) is 0 Å². The van der Waals surface area contributed by atoms with Crippen LogP contribution in [0.5, 0.6) is 17.2 Å². The van der Waals surface area contributed by atoms with Crippen LogP contribution in [0.1, 0.15) is 25.0 Å². The van der Waals surface area contributed by atoms with Crippen LogP contribution < -0.4 is 19.6 Å². The van der Waals surface area contributed by atoms with E-state index in [0.717, 1.165) is 5.56 Å². The van der Waals surface area contributed by atoms with Crippen LogP contribution in [-0.4, -0.2) is 34.4 Å². The summed E-state index contributed by atoms with van der Waals surface area (Å²) in [7, 11) is 6.00. The molecule has 3 rings (SSSR count). The van der Waals surface area contributed by atoms with E-state index in [9.17, 15) is 9.59 Å². The second kappa shape index (κ2) is 10.0. The Morgan fingerprint density at radius 2 is 1.61 bits per heavy atom. The zero-order chi connectivity index (χ0) is 22.4. The predicted octanol–water partition coefficient (Wildman–Crippen LogP) is 4.37. The van der Waals surface area contributed by atoms with E-state index in [1.165, 1.54) is 21.3 Å². The summed E-state index contributed by atoms with van der Waals surface area (Å²) < 4.78 is 26.9. The highest BCUT2D eigenvalue weighted by Gasteiger charge is 2.20. The van der Waals surface area contributed by atoms with Gasteiger partial charge >= 0.3 is 5.97 Å². The number of rotatable bonds is 9. The number of carbonyl (C=O) groups excluding carboxylic acids is 1. The van der Waals surface area contributed by atoms with Crippen LogP contribution in [0.4, 0.5) is 0 Å². The van der Waals surface area contributed by atoms with Crippen molar-refractivity contribution in [2.45, 2.75) is 25.7 Å². The van der Waals surface area contributed by atoms with E-state index in [0.29, 0.717) is 65.2 Å². The first-order valence-electron chi connectivity index (χ1n) is 9.95. The van der Waals surface area contributed by atoms with E-state index in [2.05, 4.69) is 0 Å². The first-order chi connectivity index (χ1) is 15.0. The van der Waals surface area contributed by atoms with Gasteiger partial charge in [-0.05, 0) is 30.5 Å². The van der Waals surface area contributed by atoms with Gasteiger partial charge in [0.1, 0.15) is 34.0 Å². The summed E-state index contributed by atoms with van der Waals surface area (Å²) in [5, 5.41) is 0.354. The van der Waals surface area contributed by atoms with Crippen molar-refractivity contribution in [3.8, 4) is 28.4 Å². The summed E-state index contributed by atoms with van der Waals surface area (Å²) in [5.41, 5.74) is 1.39. The van der Waals surface area contributed by atoms with Crippen LogP contribution in [0, 0.1) is 0 Å². The SMILES string of the molecule is COC(=O)CCCCc1oc2cc(OC)cc(OC)c2c(=O)c1-c1ccc(OC)cc1. The van der Waals surface area contributed by atoms with Gasteiger partial charge in [-0.1, -0.05) is 12.1 Å². The fourth-order valence-corrected chi connectivity index (χ4v) is 3.47. The standard InChI is InChI=1S/C24H26O7/c1-27-16-11-9-15(10-12-16)22-18(7-5-6-8-21(25)30-4)31-20-14-17(28-2)13-19(29-3)23(20)24(22)26/h9-14H,5-8H2,1-4H3. The number of hydrogen-bond donors (Lipinski definition) is 0. The minimum absolute atomic E-state index is 0.186. The van der Waals surface area contributed by atoms with Gasteiger partial charge in [0.25, 0.3) is 0 Å². The Labute approximate surface area is 180 Å². The molecule has 164 valence electrons. The molecule has 0 fully saturated rings. The molecule has 1 aromatic heterocycles. The number of hydrogen-bond acceptors (Lipinski definition) is 7. The maximum absolute atomic E-state index is 13.6. The first-order valence-corrected chi connectivity index (χ1v) is 9.95. The molecule has 0 saturated heterocycles.